The zero-order valence-electron chi connectivity index (χ0n) is 8.85. The lowest BCUT2D eigenvalue weighted by Gasteiger charge is -2.09. The molecular formula is C11H12ClN3O. The van der Waals surface area contributed by atoms with E-state index in [0.717, 1.165) is 11.4 Å². The van der Waals surface area contributed by atoms with Gasteiger partial charge in [0.2, 0.25) is 0 Å². The van der Waals surface area contributed by atoms with Crippen LogP contribution in [0, 0.1) is 0 Å². The van der Waals surface area contributed by atoms with Gasteiger partial charge in [0.1, 0.15) is 5.75 Å². The summed E-state index contributed by atoms with van der Waals surface area (Å²) < 4.78 is 7.06. The average Bonchev–Trinajstić information content (AvgIpc) is 2.78. The van der Waals surface area contributed by atoms with Crippen LogP contribution in [0.1, 0.15) is 5.69 Å². The molecule has 2 N–H and O–H groups in total. The van der Waals surface area contributed by atoms with Gasteiger partial charge in [-0.15, -0.1) is 0 Å². The molecule has 2 rings (SSSR count). The average molecular weight is 238 g/mol. The van der Waals surface area contributed by atoms with Gasteiger partial charge in [0, 0.05) is 18.8 Å². The van der Waals surface area contributed by atoms with Crippen molar-refractivity contribution in [2.24, 2.45) is 5.73 Å². The van der Waals surface area contributed by atoms with Gasteiger partial charge < -0.3 is 15.0 Å². The van der Waals surface area contributed by atoms with Gasteiger partial charge in [0.15, 0.2) is 0 Å². The zero-order chi connectivity index (χ0) is 11.5. The molecule has 5 heteroatoms. The SMILES string of the molecule is COc1cc(-n2cncc2CN)ccc1Cl. The van der Waals surface area contributed by atoms with E-state index in [1.54, 1.807) is 25.7 Å². The predicted molar refractivity (Wildman–Crippen MR) is 63.0 cm³/mol. The van der Waals surface area contributed by atoms with Crippen LogP contribution in [0.25, 0.3) is 5.69 Å². The Bertz CT molecular complexity index is 496. The minimum Gasteiger partial charge on any atom is -0.495 e. The fourth-order valence-corrected chi connectivity index (χ4v) is 1.70. The first-order valence-electron chi connectivity index (χ1n) is 4.81. The van der Waals surface area contributed by atoms with Crippen molar-refractivity contribution in [1.82, 2.24) is 9.55 Å². The molecule has 2 aromatic rings. The second-order valence-corrected chi connectivity index (χ2v) is 3.69. The summed E-state index contributed by atoms with van der Waals surface area (Å²) in [6.07, 6.45) is 3.45. The molecule has 0 atom stereocenters. The summed E-state index contributed by atoms with van der Waals surface area (Å²) in [6.45, 7) is 0.435. The number of methoxy groups -OCH3 is 1. The fraction of sp³-hybridized carbons (Fsp3) is 0.182. The molecule has 0 fully saturated rings. The van der Waals surface area contributed by atoms with Crippen molar-refractivity contribution >= 4 is 11.6 Å². The van der Waals surface area contributed by atoms with Crippen molar-refractivity contribution < 1.29 is 4.74 Å². The fourth-order valence-electron chi connectivity index (χ4n) is 1.50. The van der Waals surface area contributed by atoms with Crippen molar-refractivity contribution in [2.45, 2.75) is 6.54 Å². The normalized spacial score (nSPS) is 10.4. The second kappa shape index (κ2) is 4.55. The number of benzene rings is 1. The minimum absolute atomic E-state index is 0.435. The first kappa shape index (κ1) is 11.0. The highest BCUT2D eigenvalue weighted by Crippen LogP contribution is 2.27. The lowest BCUT2D eigenvalue weighted by molar-refractivity contribution is 0.415. The monoisotopic (exact) mass is 237 g/mol. The lowest BCUT2D eigenvalue weighted by atomic mass is 10.3. The van der Waals surface area contributed by atoms with Gasteiger partial charge in [-0.1, -0.05) is 11.6 Å². The van der Waals surface area contributed by atoms with Crippen LogP contribution < -0.4 is 10.5 Å². The van der Waals surface area contributed by atoms with E-state index in [-0.39, 0.29) is 0 Å². The number of nitrogens with two attached hydrogens (primary N) is 1. The van der Waals surface area contributed by atoms with Gasteiger partial charge >= 0.3 is 0 Å². The highest BCUT2D eigenvalue weighted by molar-refractivity contribution is 6.32. The first-order chi connectivity index (χ1) is 7.76. The lowest BCUT2D eigenvalue weighted by Crippen LogP contribution is -2.04. The van der Waals surface area contributed by atoms with Crippen LogP contribution in [0.5, 0.6) is 5.75 Å². The Morgan fingerprint density at radius 1 is 1.50 bits per heavy atom. The third-order valence-electron chi connectivity index (χ3n) is 2.34. The van der Waals surface area contributed by atoms with Crippen LogP contribution in [-0.2, 0) is 6.54 Å². The molecule has 0 saturated carbocycles. The van der Waals surface area contributed by atoms with E-state index < -0.39 is 0 Å². The van der Waals surface area contributed by atoms with E-state index in [1.165, 1.54) is 0 Å². The van der Waals surface area contributed by atoms with Crippen LogP contribution in [-0.4, -0.2) is 16.7 Å². The summed E-state index contributed by atoms with van der Waals surface area (Å²) in [5, 5.41) is 0.584. The Morgan fingerprint density at radius 2 is 2.31 bits per heavy atom. The molecule has 0 spiro atoms. The Kier molecular flexibility index (Phi) is 3.12. The summed E-state index contributed by atoms with van der Waals surface area (Å²) in [5.41, 5.74) is 7.48. The standard InChI is InChI=1S/C11H12ClN3O/c1-16-11-4-8(2-3-10(11)12)15-7-14-6-9(15)5-13/h2-4,6-7H,5,13H2,1H3. The number of rotatable bonds is 3. The highest BCUT2D eigenvalue weighted by Gasteiger charge is 2.06. The van der Waals surface area contributed by atoms with Gasteiger partial charge in [-0.25, -0.2) is 4.98 Å². The molecule has 4 nitrogen and oxygen atoms in total. The van der Waals surface area contributed by atoms with Crippen LogP contribution in [0.3, 0.4) is 0 Å². The minimum atomic E-state index is 0.435. The van der Waals surface area contributed by atoms with Crippen molar-refractivity contribution in [3.05, 3.63) is 41.4 Å². The largest absolute Gasteiger partial charge is 0.495 e. The number of hydrogen-bond donors (Lipinski definition) is 1. The van der Waals surface area contributed by atoms with E-state index in [1.807, 2.05) is 16.7 Å². The topological polar surface area (TPSA) is 53.1 Å². The number of halogens is 1. The number of imidazole rings is 1. The predicted octanol–water partition coefficient (Wildman–Crippen LogP) is 1.99. The summed E-state index contributed by atoms with van der Waals surface area (Å²) >= 11 is 5.96. The smallest absolute Gasteiger partial charge is 0.139 e. The number of nitrogens with zero attached hydrogens (tertiary/aromatic N) is 2. The molecule has 0 radical (unpaired) electrons. The molecule has 1 aromatic carbocycles. The molecule has 0 bridgehead atoms. The molecule has 16 heavy (non-hydrogen) atoms. The van der Waals surface area contributed by atoms with E-state index in [4.69, 9.17) is 22.1 Å². The molecule has 0 aliphatic rings. The zero-order valence-corrected chi connectivity index (χ0v) is 9.61. The van der Waals surface area contributed by atoms with Gasteiger partial charge in [0.05, 0.1) is 29.8 Å². The molecule has 1 heterocycles. The summed E-state index contributed by atoms with van der Waals surface area (Å²) in [5.74, 6) is 0.635. The first-order valence-corrected chi connectivity index (χ1v) is 5.19. The summed E-state index contributed by atoms with van der Waals surface area (Å²) in [7, 11) is 1.59. The number of aromatic nitrogens is 2. The molecule has 0 unspecified atom stereocenters. The summed E-state index contributed by atoms with van der Waals surface area (Å²) in [6, 6.07) is 5.53. The maximum atomic E-state index is 5.96. The van der Waals surface area contributed by atoms with Crippen LogP contribution >= 0.6 is 11.6 Å². The Hall–Kier alpha value is -1.52. The van der Waals surface area contributed by atoms with Gasteiger partial charge in [-0.2, -0.15) is 0 Å². The van der Waals surface area contributed by atoms with Crippen LogP contribution in [0.2, 0.25) is 5.02 Å². The number of ether oxygens (including phenoxy) is 1. The third kappa shape index (κ3) is 1.89. The quantitative estimate of drug-likeness (QED) is 0.888. The Labute approximate surface area is 98.6 Å². The molecule has 84 valence electrons. The summed E-state index contributed by atoms with van der Waals surface area (Å²) in [4.78, 5) is 4.06. The molecular weight excluding hydrogens is 226 g/mol. The van der Waals surface area contributed by atoms with Crippen molar-refractivity contribution in [2.75, 3.05) is 7.11 Å². The molecule has 0 aliphatic heterocycles. The van der Waals surface area contributed by atoms with Gasteiger partial charge in [-0.3, -0.25) is 0 Å². The molecule has 0 aliphatic carbocycles. The number of hydrogen-bond acceptors (Lipinski definition) is 3. The maximum absolute atomic E-state index is 5.96. The van der Waals surface area contributed by atoms with Crippen molar-refractivity contribution in [1.29, 1.82) is 0 Å². The third-order valence-corrected chi connectivity index (χ3v) is 2.65. The molecule has 1 aromatic heterocycles. The Balaban J connectivity index is 2.48. The maximum Gasteiger partial charge on any atom is 0.139 e. The van der Waals surface area contributed by atoms with Crippen molar-refractivity contribution in [3.63, 3.8) is 0 Å². The van der Waals surface area contributed by atoms with Gasteiger partial charge in [0.25, 0.3) is 0 Å². The van der Waals surface area contributed by atoms with E-state index >= 15 is 0 Å². The molecule has 0 saturated heterocycles. The van der Waals surface area contributed by atoms with E-state index in [0.29, 0.717) is 17.3 Å². The van der Waals surface area contributed by atoms with Crippen LogP contribution in [0.15, 0.2) is 30.7 Å². The highest BCUT2D eigenvalue weighted by atomic mass is 35.5. The second-order valence-electron chi connectivity index (χ2n) is 3.28. The van der Waals surface area contributed by atoms with Crippen molar-refractivity contribution in [3.8, 4) is 11.4 Å². The van der Waals surface area contributed by atoms with E-state index in [2.05, 4.69) is 4.98 Å². The molecule has 0 amide bonds. The van der Waals surface area contributed by atoms with Gasteiger partial charge in [-0.05, 0) is 12.1 Å². The van der Waals surface area contributed by atoms with Crippen LogP contribution in [0.4, 0.5) is 0 Å². The Morgan fingerprint density at radius 3 is 3.00 bits per heavy atom. The van der Waals surface area contributed by atoms with E-state index in [9.17, 15) is 0 Å².